The molecule has 0 saturated carbocycles. The fourth-order valence-corrected chi connectivity index (χ4v) is 7.08. The van der Waals surface area contributed by atoms with Crippen LogP contribution in [0.5, 0.6) is 0 Å². The molecule has 0 spiro atoms. The molecule has 2 heterocycles. The monoisotopic (exact) mass is 916 g/mol. The van der Waals surface area contributed by atoms with Gasteiger partial charge in [0.25, 0.3) is 5.91 Å². The number of nitrogens with two attached hydrogens (primary N) is 1. The number of hydrogen-bond donors (Lipinski definition) is 8. The number of aldehydes is 1. The van der Waals surface area contributed by atoms with Crippen LogP contribution < -0.4 is 27.0 Å². The molecule has 63 heavy (non-hydrogen) atoms. The van der Waals surface area contributed by atoms with E-state index in [0.29, 0.717) is 32.4 Å². The molecule has 0 unspecified atom stereocenters. The fraction of sp³-hybridized carbons (Fsp3) is 0.718. The number of likely N-dealkylation sites (tertiary alicyclic amines) is 1. The van der Waals surface area contributed by atoms with Crippen molar-refractivity contribution in [2.24, 2.45) is 11.7 Å². The molecule has 356 valence electrons. The van der Waals surface area contributed by atoms with Crippen molar-refractivity contribution in [2.75, 3.05) is 19.8 Å². The molecule has 24 heteroatoms. The van der Waals surface area contributed by atoms with Crippen molar-refractivity contribution >= 4 is 55.5 Å². The molecule has 23 nitrogen and oxygen atoms in total. The molecule has 1 fully saturated rings. The van der Waals surface area contributed by atoms with Gasteiger partial charge in [0.05, 0.1) is 43.1 Å². The highest BCUT2D eigenvalue weighted by atomic mass is 31.2. The number of phosphoric ester groups is 1. The molecular formula is C39H65N8O15P. The molecule has 1 aromatic heterocycles. The minimum atomic E-state index is -5.17. The standard InChI is InChI=1S/C39H65N8O15P/c1-23(2)18-26(43-37(56)29-10-9-14-47(29)30(49)12-16-61-39(7,8)13-17-60-38(4,5)6)34(53)42-27(19-25-20-41-22-46(25)15-11-31(50)51)35(54)44-28(21-48)36(55)45-32(33(40)52)24(3)62-63(57,58)59/h20-24,26-29,32H,9-19H2,1-8H3,(H2,40,52)(H,42,53)(H,43,56)(H,44,54)(H,45,55)(H,50,51)(H2,57,58,59)/t24-,26+,27+,28+,29+,32+/m1/s1. The van der Waals surface area contributed by atoms with Crippen LogP contribution in [0.15, 0.2) is 12.5 Å². The number of carboxylic acid groups (broad SMARTS) is 1. The Balaban J connectivity index is 2.30. The number of rotatable bonds is 27. The van der Waals surface area contributed by atoms with Gasteiger partial charge in [-0.1, -0.05) is 13.8 Å². The maximum Gasteiger partial charge on any atom is 0.469 e. The molecule has 1 aromatic rings. The number of aryl methyl sites for hydroxylation is 1. The third-order valence-corrected chi connectivity index (χ3v) is 10.4. The van der Waals surface area contributed by atoms with Crippen molar-refractivity contribution in [3.05, 3.63) is 18.2 Å². The summed E-state index contributed by atoms with van der Waals surface area (Å²) in [6, 6.07) is -7.67. The summed E-state index contributed by atoms with van der Waals surface area (Å²) in [6.07, 6.45) is 1.75. The van der Waals surface area contributed by atoms with Gasteiger partial charge in [-0.15, -0.1) is 0 Å². The van der Waals surface area contributed by atoms with Gasteiger partial charge in [-0.05, 0) is 73.1 Å². The normalized spacial score (nSPS) is 16.9. The van der Waals surface area contributed by atoms with Gasteiger partial charge < -0.3 is 65.6 Å². The highest BCUT2D eigenvalue weighted by Crippen LogP contribution is 2.38. The van der Waals surface area contributed by atoms with Crippen molar-refractivity contribution in [1.29, 1.82) is 0 Å². The second-order valence-corrected chi connectivity index (χ2v) is 18.5. The molecular weight excluding hydrogens is 851 g/mol. The van der Waals surface area contributed by atoms with Crippen LogP contribution in [0.3, 0.4) is 0 Å². The van der Waals surface area contributed by atoms with Crippen LogP contribution in [0, 0.1) is 5.92 Å². The Morgan fingerprint density at radius 1 is 0.937 bits per heavy atom. The van der Waals surface area contributed by atoms with Crippen molar-refractivity contribution in [3.8, 4) is 0 Å². The summed E-state index contributed by atoms with van der Waals surface area (Å²) in [5.74, 6) is -6.82. The van der Waals surface area contributed by atoms with Crippen molar-refractivity contribution in [1.82, 2.24) is 35.7 Å². The van der Waals surface area contributed by atoms with E-state index in [1.807, 2.05) is 39.9 Å². The first kappa shape index (κ1) is 54.3. The Labute approximate surface area is 366 Å². The van der Waals surface area contributed by atoms with Crippen LogP contribution in [-0.2, 0) is 69.9 Å². The summed E-state index contributed by atoms with van der Waals surface area (Å²) in [5.41, 5.74) is 4.66. The molecule has 0 radical (unpaired) electrons. The first-order valence-electron chi connectivity index (χ1n) is 20.6. The predicted molar refractivity (Wildman–Crippen MR) is 223 cm³/mol. The van der Waals surface area contributed by atoms with Gasteiger partial charge in [0.2, 0.25) is 29.5 Å². The van der Waals surface area contributed by atoms with E-state index >= 15 is 0 Å². The minimum absolute atomic E-state index is 0.00623. The van der Waals surface area contributed by atoms with Crippen LogP contribution in [0.4, 0.5) is 0 Å². The molecule has 0 aromatic carbocycles. The molecule has 1 aliphatic rings. The Bertz CT molecular complexity index is 1810. The Morgan fingerprint density at radius 2 is 1.59 bits per heavy atom. The number of hydrogen-bond acceptors (Lipinski definition) is 13. The zero-order valence-electron chi connectivity index (χ0n) is 37.2. The van der Waals surface area contributed by atoms with Crippen molar-refractivity contribution in [3.63, 3.8) is 0 Å². The van der Waals surface area contributed by atoms with Crippen LogP contribution in [0.25, 0.3) is 0 Å². The van der Waals surface area contributed by atoms with E-state index in [2.05, 4.69) is 25.5 Å². The number of primary amides is 1. The lowest BCUT2D eigenvalue weighted by Crippen LogP contribution is -2.60. The molecule has 0 aliphatic carbocycles. The van der Waals surface area contributed by atoms with Crippen LogP contribution >= 0.6 is 7.82 Å². The SMILES string of the molecule is CC(C)C[C@H](NC(=O)[C@@H]1CCCN1C(=O)CCOC(C)(C)CCOC(C)(C)C)C(=O)N[C@@H](Cc1cncn1CCC(=O)O)C(=O)N[C@@H](C=O)C(=O)N[C@H](C(N)=O)[C@@H](C)OP(=O)(O)O. The van der Waals surface area contributed by atoms with Gasteiger partial charge in [0, 0.05) is 38.0 Å². The van der Waals surface area contributed by atoms with E-state index in [4.69, 9.17) is 25.0 Å². The number of ether oxygens (including phenoxy) is 2. The third kappa shape index (κ3) is 19.6. The quantitative estimate of drug-likeness (QED) is 0.0312. The first-order valence-corrected chi connectivity index (χ1v) is 22.1. The summed E-state index contributed by atoms with van der Waals surface area (Å²) in [7, 11) is -5.17. The second kappa shape index (κ2) is 24.3. The van der Waals surface area contributed by atoms with E-state index in [1.165, 1.54) is 22.0 Å². The Hall–Kier alpha value is -4.80. The fourth-order valence-electron chi connectivity index (χ4n) is 6.52. The summed E-state index contributed by atoms with van der Waals surface area (Å²) < 4.78 is 29.0. The maximum atomic E-state index is 14.1. The molecule has 9 N–H and O–H groups in total. The zero-order chi connectivity index (χ0) is 47.9. The van der Waals surface area contributed by atoms with Gasteiger partial charge in [-0.3, -0.25) is 38.1 Å². The number of carbonyl (C=O) groups is 8. The number of aromatic nitrogens is 2. The summed E-state index contributed by atoms with van der Waals surface area (Å²) in [5, 5.41) is 18.7. The number of imidazole rings is 1. The first-order chi connectivity index (χ1) is 29.1. The number of phosphoric acid groups is 1. The largest absolute Gasteiger partial charge is 0.481 e. The van der Waals surface area contributed by atoms with Crippen molar-refractivity contribution in [2.45, 2.75) is 154 Å². The molecule has 2 rings (SSSR count). The molecule has 6 atom stereocenters. The molecule has 1 aliphatic heterocycles. The Morgan fingerprint density at radius 3 is 2.16 bits per heavy atom. The number of aliphatic carboxylic acids is 1. The summed E-state index contributed by atoms with van der Waals surface area (Å²) >= 11 is 0. The minimum Gasteiger partial charge on any atom is -0.481 e. The van der Waals surface area contributed by atoms with Gasteiger partial charge in [0.15, 0.2) is 12.3 Å². The third-order valence-electron chi connectivity index (χ3n) is 9.77. The number of carbonyl (C=O) groups excluding carboxylic acids is 7. The van der Waals surface area contributed by atoms with E-state index in [1.54, 1.807) is 13.8 Å². The topological polar surface area (TPSA) is 337 Å². The number of carboxylic acids is 1. The van der Waals surface area contributed by atoms with E-state index in [-0.39, 0.29) is 68.2 Å². The average molecular weight is 917 g/mol. The highest BCUT2D eigenvalue weighted by Gasteiger charge is 2.38. The summed E-state index contributed by atoms with van der Waals surface area (Å²) in [4.78, 5) is 128. The predicted octanol–water partition coefficient (Wildman–Crippen LogP) is -0.551. The highest BCUT2D eigenvalue weighted by molar-refractivity contribution is 7.46. The lowest BCUT2D eigenvalue weighted by Gasteiger charge is -2.30. The Kier molecular flexibility index (Phi) is 21.0. The van der Waals surface area contributed by atoms with Crippen molar-refractivity contribution < 1.29 is 71.8 Å². The lowest BCUT2D eigenvalue weighted by atomic mass is 10.0. The van der Waals surface area contributed by atoms with E-state index in [0.717, 1.165) is 6.92 Å². The lowest BCUT2D eigenvalue weighted by molar-refractivity contribution is -0.141. The summed E-state index contributed by atoms with van der Waals surface area (Å²) in [6.45, 7) is 15.0. The van der Waals surface area contributed by atoms with Gasteiger partial charge in [-0.2, -0.15) is 0 Å². The molecule has 6 amide bonds. The van der Waals surface area contributed by atoms with Gasteiger partial charge in [0.1, 0.15) is 24.2 Å². The van der Waals surface area contributed by atoms with Crippen LogP contribution in [-0.4, -0.2) is 144 Å². The maximum absolute atomic E-state index is 14.1. The molecule has 0 bridgehead atoms. The van der Waals surface area contributed by atoms with Crippen LogP contribution in [0.2, 0.25) is 0 Å². The van der Waals surface area contributed by atoms with Gasteiger partial charge in [-0.25, -0.2) is 9.55 Å². The van der Waals surface area contributed by atoms with E-state index in [9.17, 15) is 48.0 Å². The zero-order valence-corrected chi connectivity index (χ0v) is 38.1. The van der Waals surface area contributed by atoms with Crippen LogP contribution in [0.1, 0.15) is 99.6 Å². The van der Waals surface area contributed by atoms with Gasteiger partial charge >= 0.3 is 13.8 Å². The number of nitrogens with one attached hydrogen (secondary N) is 4. The molecule has 1 saturated heterocycles. The van der Waals surface area contributed by atoms with E-state index < -0.39 is 85.2 Å². The second-order valence-electron chi connectivity index (χ2n) is 17.3. The smallest absolute Gasteiger partial charge is 0.469 e. The average Bonchev–Trinajstić information content (AvgIpc) is 3.82. The number of amides is 6. The number of nitrogens with zero attached hydrogens (tertiary/aromatic N) is 3.